The minimum absolute atomic E-state index is 0.242. The average Bonchev–Trinajstić information content (AvgIpc) is 3.30. The molecule has 0 saturated carbocycles. The molecule has 62 heavy (non-hydrogen) atoms. The van der Waals surface area contributed by atoms with E-state index in [2.05, 4.69) is 23.4 Å². The lowest BCUT2D eigenvalue weighted by Gasteiger charge is -2.08. The van der Waals surface area contributed by atoms with Gasteiger partial charge in [0.05, 0.1) is 45.5 Å². The van der Waals surface area contributed by atoms with E-state index < -0.39 is 23.9 Å². The Bertz CT molecular complexity index is 2220. The Morgan fingerprint density at radius 2 is 1.05 bits per heavy atom. The maximum absolute atomic E-state index is 12.6. The molecule has 0 aliphatic carbocycles. The normalized spacial score (nSPS) is 11.3. The first-order chi connectivity index (χ1) is 30.2. The zero-order chi connectivity index (χ0) is 44.4. The Labute approximate surface area is 361 Å². The molecule has 322 valence electrons. The molecule has 0 amide bonds. The molecule has 0 unspecified atom stereocenters. The number of hydrogen-bond donors (Lipinski definition) is 0. The van der Waals surface area contributed by atoms with Crippen molar-refractivity contribution >= 4 is 48.0 Å². The number of ether oxygens (including phenoxy) is 7. The lowest BCUT2D eigenvalue weighted by molar-refractivity contribution is -0.138. The van der Waals surface area contributed by atoms with Crippen LogP contribution in [0, 0.1) is 0 Å². The van der Waals surface area contributed by atoms with E-state index in [-0.39, 0.29) is 5.75 Å². The van der Waals surface area contributed by atoms with Crippen molar-refractivity contribution < 1.29 is 52.3 Å². The molecule has 0 spiro atoms. The number of hydrogen-bond acceptors (Lipinski definition) is 13. The first kappa shape index (κ1) is 47.1. The lowest BCUT2D eigenvalue weighted by atomic mass is 10.1. The van der Waals surface area contributed by atoms with Crippen molar-refractivity contribution in [3.05, 3.63) is 151 Å². The van der Waals surface area contributed by atoms with E-state index in [4.69, 9.17) is 33.2 Å². The minimum atomic E-state index is -0.582. The second-order valence-corrected chi connectivity index (χ2v) is 13.1. The molecule has 13 heteroatoms. The first-order valence-corrected chi connectivity index (χ1v) is 19.9. The second kappa shape index (κ2) is 26.5. The highest BCUT2D eigenvalue weighted by Crippen LogP contribution is 2.28. The molecule has 4 aromatic rings. The summed E-state index contributed by atoms with van der Waals surface area (Å²) in [6, 6.07) is 26.5. The predicted octanol–water partition coefficient (Wildman–Crippen LogP) is 8.94. The standard InChI is InChI=1S/C49H50N2O11/c1-5-43(39-19-25-42(26-20-39)61-48(54)28-17-36-12-21-40(22-13-36)57-30-8-10-32-59-46(52)6-2)51-50-35-38-16-27-44(45(34-38)56-4)62-49(55)29-18-37-14-23-41(24-15-37)58-31-9-11-33-60-47(53)7-3/h6-7,12-29,34-35H,2-3,5,8-11,30-33H2,1,4H3. The SMILES string of the molecule is C=CC(=O)OCCCCOc1ccc(C=CC(=O)Oc2ccc(C(CC)=NN=Cc3ccc(OC(=O)C=Cc4ccc(OCCCCOC(=O)C=C)cc4)c(OC)c3)cc2)cc1. The molecular weight excluding hydrogens is 793 g/mol. The van der Waals surface area contributed by atoms with Gasteiger partial charge in [-0.3, -0.25) is 0 Å². The van der Waals surface area contributed by atoms with E-state index >= 15 is 0 Å². The summed E-state index contributed by atoms with van der Waals surface area (Å²) >= 11 is 0. The summed E-state index contributed by atoms with van der Waals surface area (Å²) in [6.07, 6.45) is 13.2. The Morgan fingerprint density at radius 1 is 0.565 bits per heavy atom. The van der Waals surface area contributed by atoms with Gasteiger partial charge in [-0.05, 0) is 133 Å². The van der Waals surface area contributed by atoms with Gasteiger partial charge in [0.15, 0.2) is 11.5 Å². The topological polar surface area (TPSA) is 158 Å². The lowest BCUT2D eigenvalue weighted by Crippen LogP contribution is -2.05. The number of benzene rings is 4. The van der Waals surface area contributed by atoms with Crippen LogP contribution in [0.4, 0.5) is 0 Å². The van der Waals surface area contributed by atoms with Gasteiger partial charge >= 0.3 is 23.9 Å². The Balaban J connectivity index is 1.21. The van der Waals surface area contributed by atoms with Crippen LogP contribution in [0.1, 0.15) is 61.3 Å². The van der Waals surface area contributed by atoms with Gasteiger partial charge in [-0.2, -0.15) is 10.2 Å². The van der Waals surface area contributed by atoms with Gasteiger partial charge in [-0.25, -0.2) is 19.2 Å². The number of nitrogens with zero attached hydrogens (tertiary/aromatic N) is 2. The highest BCUT2D eigenvalue weighted by atomic mass is 16.6. The number of unbranched alkanes of at least 4 members (excludes halogenated alkanes) is 2. The molecule has 0 saturated heterocycles. The molecule has 0 bridgehead atoms. The maximum atomic E-state index is 12.6. The molecule has 13 nitrogen and oxygen atoms in total. The van der Waals surface area contributed by atoms with Crippen LogP contribution in [0.5, 0.6) is 28.7 Å². The molecule has 0 aliphatic rings. The van der Waals surface area contributed by atoms with Crippen LogP contribution in [0.25, 0.3) is 12.2 Å². The third-order valence-electron chi connectivity index (χ3n) is 8.55. The van der Waals surface area contributed by atoms with Crippen molar-refractivity contribution in [2.45, 2.75) is 39.0 Å². The zero-order valence-electron chi connectivity index (χ0n) is 34.9. The van der Waals surface area contributed by atoms with Crippen LogP contribution in [0.3, 0.4) is 0 Å². The fourth-order valence-electron chi connectivity index (χ4n) is 5.29. The molecule has 0 heterocycles. The molecule has 0 N–H and O–H groups in total. The number of methoxy groups -OCH3 is 1. The highest BCUT2D eigenvalue weighted by molar-refractivity contribution is 6.01. The molecule has 0 fully saturated rings. The van der Waals surface area contributed by atoms with Crippen LogP contribution >= 0.6 is 0 Å². The van der Waals surface area contributed by atoms with Crippen LogP contribution < -0.4 is 23.7 Å². The van der Waals surface area contributed by atoms with Gasteiger partial charge < -0.3 is 33.2 Å². The van der Waals surface area contributed by atoms with Crippen LogP contribution in [0.2, 0.25) is 0 Å². The summed E-state index contributed by atoms with van der Waals surface area (Å²) in [7, 11) is 1.48. The Hall–Kier alpha value is -7.54. The monoisotopic (exact) mass is 842 g/mol. The van der Waals surface area contributed by atoms with E-state index in [0.29, 0.717) is 80.0 Å². The summed E-state index contributed by atoms with van der Waals surface area (Å²) in [6.45, 7) is 10.3. The van der Waals surface area contributed by atoms with Crippen molar-refractivity contribution in [1.29, 1.82) is 0 Å². The summed E-state index contributed by atoms with van der Waals surface area (Å²) in [5.41, 5.74) is 3.78. The van der Waals surface area contributed by atoms with Crippen molar-refractivity contribution in [3.8, 4) is 28.7 Å². The van der Waals surface area contributed by atoms with E-state index in [1.165, 1.54) is 19.3 Å². The molecule has 0 atom stereocenters. The predicted molar refractivity (Wildman–Crippen MR) is 238 cm³/mol. The highest BCUT2D eigenvalue weighted by Gasteiger charge is 2.10. The summed E-state index contributed by atoms with van der Waals surface area (Å²) in [5, 5.41) is 8.66. The molecular formula is C49H50N2O11. The average molecular weight is 843 g/mol. The largest absolute Gasteiger partial charge is 0.494 e. The van der Waals surface area contributed by atoms with E-state index in [9.17, 15) is 19.2 Å². The van der Waals surface area contributed by atoms with E-state index in [0.717, 1.165) is 41.7 Å². The fourth-order valence-corrected chi connectivity index (χ4v) is 5.29. The van der Waals surface area contributed by atoms with E-state index in [1.807, 2.05) is 43.3 Å². The third-order valence-corrected chi connectivity index (χ3v) is 8.55. The molecule has 4 aromatic carbocycles. The van der Waals surface area contributed by atoms with Gasteiger partial charge in [-0.15, -0.1) is 0 Å². The third kappa shape index (κ3) is 17.4. The fraction of sp³-hybridized carbons (Fsp3) is 0.224. The Morgan fingerprint density at radius 3 is 1.55 bits per heavy atom. The first-order valence-electron chi connectivity index (χ1n) is 19.9. The van der Waals surface area contributed by atoms with Gasteiger partial charge in [-0.1, -0.05) is 44.3 Å². The molecule has 0 radical (unpaired) electrons. The van der Waals surface area contributed by atoms with Crippen molar-refractivity contribution in [2.24, 2.45) is 10.2 Å². The molecule has 4 rings (SSSR count). The summed E-state index contributed by atoms with van der Waals surface area (Å²) in [4.78, 5) is 47.3. The van der Waals surface area contributed by atoms with Gasteiger partial charge in [0.1, 0.15) is 17.2 Å². The summed E-state index contributed by atoms with van der Waals surface area (Å²) in [5.74, 6) is 0.351. The molecule has 0 aliphatic heterocycles. The van der Waals surface area contributed by atoms with Crippen molar-refractivity contribution in [1.82, 2.24) is 0 Å². The smallest absolute Gasteiger partial charge is 0.336 e. The number of carbonyl (C=O) groups excluding carboxylic acids is 4. The van der Waals surface area contributed by atoms with Crippen LogP contribution in [-0.2, 0) is 28.7 Å². The number of esters is 4. The van der Waals surface area contributed by atoms with E-state index in [1.54, 1.807) is 73.0 Å². The van der Waals surface area contributed by atoms with Crippen LogP contribution in [0.15, 0.2) is 139 Å². The van der Waals surface area contributed by atoms with Crippen molar-refractivity contribution in [3.63, 3.8) is 0 Å². The van der Waals surface area contributed by atoms with Gasteiger partial charge in [0.25, 0.3) is 0 Å². The van der Waals surface area contributed by atoms with Crippen molar-refractivity contribution in [2.75, 3.05) is 33.5 Å². The Kier molecular flexibility index (Phi) is 20.2. The summed E-state index contributed by atoms with van der Waals surface area (Å²) < 4.78 is 37.8. The minimum Gasteiger partial charge on any atom is -0.494 e. The number of carbonyl (C=O) groups is 4. The zero-order valence-corrected chi connectivity index (χ0v) is 34.9. The second-order valence-electron chi connectivity index (χ2n) is 13.1. The quantitative estimate of drug-likeness (QED) is 0.0157. The molecule has 0 aromatic heterocycles. The maximum Gasteiger partial charge on any atom is 0.336 e. The van der Waals surface area contributed by atoms with Gasteiger partial charge in [0.2, 0.25) is 0 Å². The van der Waals surface area contributed by atoms with Gasteiger partial charge in [0, 0.05) is 24.3 Å². The van der Waals surface area contributed by atoms with Crippen LogP contribution in [-0.4, -0.2) is 69.3 Å². The number of rotatable bonds is 25.